The SMILES string of the molecule is CC(=O)c1ccc(-c2nccc3[nH]c(-c4n[nH]c5ccc(C6CCNCC6)nc45)cc23)s1. The van der Waals surface area contributed by atoms with Crippen LogP contribution in [0.5, 0.6) is 0 Å². The van der Waals surface area contributed by atoms with Crippen LogP contribution in [0.1, 0.15) is 41.0 Å². The zero-order valence-electron chi connectivity index (χ0n) is 17.6. The maximum Gasteiger partial charge on any atom is 0.169 e. The zero-order valence-corrected chi connectivity index (χ0v) is 18.4. The van der Waals surface area contributed by atoms with Crippen LogP contribution in [0.3, 0.4) is 0 Å². The molecule has 1 saturated heterocycles. The van der Waals surface area contributed by atoms with Gasteiger partial charge in [0.2, 0.25) is 0 Å². The number of nitrogens with one attached hydrogen (secondary N) is 3. The van der Waals surface area contributed by atoms with E-state index in [0.29, 0.717) is 5.92 Å². The van der Waals surface area contributed by atoms with Crippen molar-refractivity contribution in [3.63, 3.8) is 0 Å². The van der Waals surface area contributed by atoms with Crippen molar-refractivity contribution >= 4 is 39.1 Å². The van der Waals surface area contributed by atoms with Crippen molar-refractivity contribution in [2.75, 3.05) is 13.1 Å². The van der Waals surface area contributed by atoms with Crippen molar-refractivity contribution < 1.29 is 4.79 Å². The molecule has 5 aromatic rings. The van der Waals surface area contributed by atoms with Gasteiger partial charge in [0.15, 0.2) is 5.78 Å². The Kier molecular flexibility index (Phi) is 4.62. The van der Waals surface area contributed by atoms with E-state index in [0.717, 1.165) is 80.4 Å². The van der Waals surface area contributed by atoms with E-state index < -0.39 is 0 Å². The summed E-state index contributed by atoms with van der Waals surface area (Å²) in [6, 6.07) is 12.1. The minimum Gasteiger partial charge on any atom is -0.353 e. The second-order valence-corrected chi connectivity index (χ2v) is 9.34. The molecule has 5 aromatic heterocycles. The highest BCUT2D eigenvalue weighted by atomic mass is 32.1. The van der Waals surface area contributed by atoms with Crippen molar-refractivity contribution in [2.45, 2.75) is 25.7 Å². The Morgan fingerprint density at radius 3 is 2.75 bits per heavy atom. The van der Waals surface area contributed by atoms with Crippen LogP contribution in [0.15, 0.2) is 42.6 Å². The zero-order chi connectivity index (χ0) is 21.7. The molecule has 0 spiro atoms. The first-order valence-corrected chi connectivity index (χ1v) is 11.6. The maximum atomic E-state index is 11.7. The van der Waals surface area contributed by atoms with Gasteiger partial charge in [-0.25, -0.2) is 4.98 Å². The molecule has 0 atom stereocenters. The molecule has 0 aliphatic carbocycles. The molecule has 1 aliphatic rings. The number of hydrogen-bond acceptors (Lipinski definition) is 6. The molecule has 3 N–H and O–H groups in total. The number of Topliss-reactive ketones (excluding diaryl/α,β-unsaturated/α-hetero) is 1. The van der Waals surface area contributed by atoms with Crippen LogP contribution in [0.25, 0.3) is 43.9 Å². The average molecular weight is 443 g/mol. The Morgan fingerprint density at radius 2 is 1.94 bits per heavy atom. The third kappa shape index (κ3) is 3.23. The second kappa shape index (κ2) is 7.65. The van der Waals surface area contributed by atoms with Crippen LogP contribution in [0.2, 0.25) is 0 Å². The van der Waals surface area contributed by atoms with E-state index in [1.165, 1.54) is 11.3 Å². The number of ketones is 1. The minimum absolute atomic E-state index is 0.0711. The first kappa shape index (κ1) is 19.3. The lowest BCUT2D eigenvalue weighted by molar-refractivity contribution is 0.102. The van der Waals surface area contributed by atoms with Crippen LogP contribution in [0, 0.1) is 0 Å². The maximum absolute atomic E-state index is 11.7. The fraction of sp³-hybridized carbons (Fsp3) is 0.250. The molecule has 8 heteroatoms. The second-order valence-electron chi connectivity index (χ2n) is 8.25. The van der Waals surface area contributed by atoms with Crippen molar-refractivity contribution in [1.29, 1.82) is 0 Å². The number of hydrogen-bond donors (Lipinski definition) is 3. The van der Waals surface area contributed by atoms with Gasteiger partial charge in [0.25, 0.3) is 0 Å². The number of aromatic nitrogens is 5. The smallest absolute Gasteiger partial charge is 0.169 e. The van der Waals surface area contributed by atoms with Gasteiger partial charge in [-0.05, 0) is 69.3 Å². The molecule has 1 fully saturated rings. The largest absolute Gasteiger partial charge is 0.353 e. The summed E-state index contributed by atoms with van der Waals surface area (Å²) >= 11 is 1.47. The molecule has 0 saturated carbocycles. The minimum atomic E-state index is 0.0711. The number of aromatic amines is 2. The lowest BCUT2D eigenvalue weighted by atomic mass is 9.94. The Labute approximate surface area is 188 Å². The summed E-state index contributed by atoms with van der Waals surface area (Å²) in [4.78, 5) is 26.6. The van der Waals surface area contributed by atoms with E-state index in [-0.39, 0.29) is 5.78 Å². The van der Waals surface area contributed by atoms with E-state index in [1.807, 2.05) is 18.2 Å². The molecule has 1 aliphatic heterocycles. The summed E-state index contributed by atoms with van der Waals surface area (Å²) in [6.45, 7) is 3.66. The summed E-state index contributed by atoms with van der Waals surface area (Å²) in [7, 11) is 0. The Bertz CT molecular complexity index is 1460. The van der Waals surface area contributed by atoms with Crippen LogP contribution in [0.4, 0.5) is 0 Å². The van der Waals surface area contributed by atoms with Crippen LogP contribution in [-0.2, 0) is 0 Å². The number of piperidine rings is 1. The first-order valence-electron chi connectivity index (χ1n) is 10.8. The molecule has 0 unspecified atom stereocenters. The predicted octanol–water partition coefficient (Wildman–Crippen LogP) is 4.90. The molecular formula is C24H22N6OS. The number of rotatable bonds is 4. The Morgan fingerprint density at radius 1 is 1.06 bits per heavy atom. The van der Waals surface area contributed by atoms with Crippen molar-refractivity contribution in [3.8, 4) is 22.0 Å². The molecule has 0 radical (unpaired) electrons. The monoisotopic (exact) mass is 442 g/mol. The van der Waals surface area contributed by atoms with Gasteiger partial charge in [0.05, 0.1) is 26.7 Å². The normalized spacial score (nSPS) is 15.0. The average Bonchev–Trinajstić information content (AvgIpc) is 3.56. The number of fused-ring (bicyclic) bond motifs is 2. The molecule has 6 heterocycles. The van der Waals surface area contributed by atoms with Crippen LogP contribution >= 0.6 is 11.3 Å². The predicted molar refractivity (Wildman–Crippen MR) is 127 cm³/mol. The third-order valence-corrected chi connectivity index (χ3v) is 7.37. The van der Waals surface area contributed by atoms with Crippen LogP contribution in [-0.4, -0.2) is 44.0 Å². The molecule has 0 bridgehead atoms. The van der Waals surface area contributed by atoms with Crippen molar-refractivity contribution in [1.82, 2.24) is 30.5 Å². The molecule has 0 aromatic carbocycles. The lowest BCUT2D eigenvalue weighted by Gasteiger charge is -2.22. The Hall–Kier alpha value is -3.36. The topological polar surface area (TPSA) is 99.4 Å². The van der Waals surface area contributed by atoms with Gasteiger partial charge in [-0.1, -0.05) is 0 Å². The van der Waals surface area contributed by atoms with Gasteiger partial charge in [-0.15, -0.1) is 11.3 Å². The third-order valence-electron chi connectivity index (χ3n) is 6.18. The van der Waals surface area contributed by atoms with Crippen molar-refractivity contribution in [2.24, 2.45) is 0 Å². The molecule has 6 rings (SSSR count). The van der Waals surface area contributed by atoms with Gasteiger partial charge in [0.1, 0.15) is 11.2 Å². The molecule has 160 valence electrons. The van der Waals surface area contributed by atoms with E-state index in [2.05, 4.69) is 43.7 Å². The highest BCUT2D eigenvalue weighted by molar-refractivity contribution is 7.17. The van der Waals surface area contributed by atoms with Crippen LogP contribution < -0.4 is 5.32 Å². The molecule has 7 nitrogen and oxygen atoms in total. The highest BCUT2D eigenvalue weighted by Crippen LogP contribution is 2.36. The van der Waals surface area contributed by atoms with E-state index in [9.17, 15) is 4.79 Å². The number of pyridine rings is 2. The quantitative estimate of drug-likeness (QED) is 0.344. The van der Waals surface area contributed by atoms with E-state index in [4.69, 9.17) is 4.98 Å². The fourth-order valence-electron chi connectivity index (χ4n) is 4.48. The summed E-state index contributed by atoms with van der Waals surface area (Å²) in [5.74, 6) is 0.554. The first-order chi connectivity index (χ1) is 15.7. The molecule has 32 heavy (non-hydrogen) atoms. The lowest BCUT2D eigenvalue weighted by Crippen LogP contribution is -2.27. The van der Waals surface area contributed by atoms with Gasteiger partial charge in [-0.3, -0.25) is 14.9 Å². The fourth-order valence-corrected chi connectivity index (χ4v) is 5.39. The molecular weight excluding hydrogens is 420 g/mol. The molecule has 0 amide bonds. The summed E-state index contributed by atoms with van der Waals surface area (Å²) in [5, 5.41) is 12.1. The van der Waals surface area contributed by atoms with Gasteiger partial charge in [0, 0.05) is 28.7 Å². The highest BCUT2D eigenvalue weighted by Gasteiger charge is 2.20. The Balaban J connectivity index is 1.44. The van der Waals surface area contributed by atoms with Crippen molar-refractivity contribution in [3.05, 3.63) is 53.2 Å². The summed E-state index contributed by atoms with van der Waals surface area (Å²) in [6.07, 6.45) is 4.01. The standard InChI is InChI=1S/C24H22N6OS/c1-13(31)20-4-5-21(32-20)22-15-12-19(27-17(15)8-11-26-22)24-23-18(29-30-24)3-2-16(28-23)14-6-9-25-10-7-14/h2-5,8,11-12,14,25,27H,6-7,9-10H2,1H3,(H,29,30). The van der Waals surface area contributed by atoms with E-state index >= 15 is 0 Å². The number of nitrogens with zero attached hydrogens (tertiary/aromatic N) is 3. The van der Waals surface area contributed by atoms with E-state index in [1.54, 1.807) is 13.1 Å². The number of carbonyl (C=O) groups excluding carboxylic acids is 1. The number of thiophene rings is 1. The summed E-state index contributed by atoms with van der Waals surface area (Å²) < 4.78 is 0. The number of H-pyrrole nitrogens is 2. The van der Waals surface area contributed by atoms with Gasteiger partial charge >= 0.3 is 0 Å². The van der Waals surface area contributed by atoms with Gasteiger partial charge in [-0.2, -0.15) is 5.10 Å². The number of carbonyl (C=O) groups is 1. The van der Waals surface area contributed by atoms with Gasteiger partial charge < -0.3 is 10.3 Å². The summed E-state index contributed by atoms with van der Waals surface area (Å²) in [5.41, 5.74) is 6.51.